The standard InChI is InChI=1S/C22H27N5O4/c1-4-15-21(28)26(2)17-12-23-19(10-16(17)27(15)14-7-5-6-8-14)25-20-18(31-3)9-13(11-24-20)22(29)30/h9-12,14-15H,4-8H2,1-3H3,(H,29,30)(H,23,24,25). The molecule has 164 valence electrons. The van der Waals surface area contributed by atoms with Crippen LogP contribution in [-0.4, -0.2) is 53.2 Å². The molecule has 31 heavy (non-hydrogen) atoms. The van der Waals surface area contributed by atoms with Gasteiger partial charge in [0.1, 0.15) is 11.9 Å². The average Bonchev–Trinajstić information content (AvgIpc) is 3.30. The van der Waals surface area contributed by atoms with Gasteiger partial charge in [-0.3, -0.25) is 4.79 Å². The zero-order valence-electron chi connectivity index (χ0n) is 18.0. The number of pyridine rings is 2. The summed E-state index contributed by atoms with van der Waals surface area (Å²) in [5, 5.41) is 12.3. The Morgan fingerprint density at radius 2 is 1.97 bits per heavy atom. The summed E-state index contributed by atoms with van der Waals surface area (Å²) < 4.78 is 5.31. The number of fused-ring (bicyclic) bond motifs is 1. The van der Waals surface area contributed by atoms with Gasteiger partial charge >= 0.3 is 5.97 Å². The monoisotopic (exact) mass is 425 g/mol. The number of carboxylic acids is 1. The average molecular weight is 425 g/mol. The lowest BCUT2D eigenvalue weighted by Gasteiger charge is -2.44. The lowest BCUT2D eigenvalue weighted by Crippen LogP contribution is -2.55. The number of amides is 1. The summed E-state index contributed by atoms with van der Waals surface area (Å²) in [6.45, 7) is 2.04. The summed E-state index contributed by atoms with van der Waals surface area (Å²) in [5.74, 6) is 0.255. The maximum absolute atomic E-state index is 13.0. The Morgan fingerprint density at radius 1 is 1.23 bits per heavy atom. The van der Waals surface area contributed by atoms with Gasteiger partial charge in [0.05, 0.1) is 30.2 Å². The number of likely N-dealkylation sites (N-methyl/N-ethyl adjacent to an activating group) is 1. The Balaban J connectivity index is 1.72. The number of carbonyl (C=O) groups is 2. The van der Waals surface area contributed by atoms with E-state index in [4.69, 9.17) is 4.74 Å². The van der Waals surface area contributed by atoms with Crippen LogP contribution < -0.4 is 19.9 Å². The van der Waals surface area contributed by atoms with Gasteiger partial charge in [-0.15, -0.1) is 0 Å². The van der Waals surface area contributed by atoms with Gasteiger partial charge in [0, 0.05) is 31.4 Å². The Kier molecular flexibility index (Phi) is 5.67. The number of hydrogen-bond donors (Lipinski definition) is 2. The fourth-order valence-electron chi connectivity index (χ4n) is 4.54. The third kappa shape index (κ3) is 3.75. The highest BCUT2D eigenvalue weighted by Gasteiger charge is 2.40. The van der Waals surface area contributed by atoms with Crippen molar-refractivity contribution in [3.05, 3.63) is 30.1 Å². The van der Waals surface area contributed by atoms with E-state index >= 15 is 0 Å². The molecule has 2 N–H and O–H groups in total. The molecule has 1 saturated carbocycles. The quantitative estimate of drug-likeness (QED) is 0.725. The van der Waals surface area contributed by atoms with Gasteiger partial charge in [0.15, 0.2) is 11.6 Å². The van der Waals surface area contributed by atoms with Crippen LogP contribution in [0, 0.1) is 0 Å². The number of aromatic carboxylic acids is 1. The van der Waals surface area contributed by atoms with Gasteiger partial charge in [-0.25, -0.2) is 14.8 Å². The second-order valence-electron chi connectivity index (χ2n) is 7.93. The van der Waals surface area contributed by atoms with E-state index in [-0.39, 0.29) is 17.5 Å². The lowest BCUT2D eigenvalue weighted by atomic mass is 10.0. The highest BCUT2D eigenvalue weighted by molar-refractivity contribution is 6.05. The molecule has 1 amide bonds. The number of aromatic nitrogens is 2. The molecule has 0 radical (unpaired) electrons. The fourth-order valence-corrected chi connectivity index (χ4v) is 4.54. The summed E-state index contributed by atoms with van der Waals surface area (Å²) in [7, 11) is 3.25. The number of ether oxygens (including phenoxy) is 1. The third-order valence-electron chi connectivity index (χ3n) is 6.12. The van der Waals surface area contributed by atoms with Gasteiger partial charge in [-0.05, 0) is 19.3 Å². The molecule has 1 aliphatic heterocycles. The van der Waals surface area contributed by atoms with E-state index in [1.165, 1.54) is 32.2 Å². The Hall–Kier alpha value is -3.36. The summed E-state index contributed by atoms with van der Waals surface area (Å²) >= 11 is 0. The smallest absolute Gasteiger partial charge is 0.337 e. The summed E-state index contributed by atoms with van der Waals surface area (Å²) in [5.41, 5.74) is 1.80. The highest BCUT2D eigenvalue weighted by atomic mass is 16.5. The molecule has 2 aliphatic rings. The van der Waals surface area contributed by atoms with Crippen LogP contribution in [0.2, 0.25) is 0 Å². The van der Waals surface area contributed by atoms with Gasteiger partial charge < -0.3 is 25.0 Å². The number of methoxy groups -OCH3 is 1. The van der Waals surface area contributed by atoms with Crippen molar-refractivity contribution in [3.63, 3.8) is 0 Å². The van der Waals surface area contributed by atoms with E-state index in [0.717, 1.165) is 30.6 Å². The van der Waals surface area contributed by atoms with Crippen LogP contribution in [-0.2, 0) is 4.79 Å². The van der Waals surface area contributed by atoms with Crippen LogP contribution in [0.5, 0.6) is 5.75 Å². The molecule has 0 saturated heterocycles. The predicted molar refractivity (Wildman–Crippen MR) is 117 cm³/mol. The molecule has 2 aromatic heterocycles. The SMILES string of the molecule is CCC1C(=O)N(C)c2cnc(Nc3ncc(C(=O)O)cc3OC)cc2N1C1CCCC1. The zero-order chi connectivity index (χ0) is 22.1. The summed E-state index contributed by atoms with van der Waals surface area (Å²) in [6.07, 6.45) is 8.19. The number of nitrogens with zero attached hydrogens (tertiary/aromatic N) is 4. The van der Waals surface area contributed by atoms with Crippen molar-refractivity contribution in [2.24, 2.45) is 0 Å². The van der Waals surface area contributed by atoms with Gasteiger partial charge in [0.2, 0.25) is 5.91 Å². The van der Waals surface area contributed by atoms with E-state index in [1.807, 2.05) is 13.0 Å². The second-order valence-corrected chi connectivity index (χ2v) is 7.93. The maximum Gasteiger partial charge on any atom is 0.337 e. The zero-order valence-corrected chi connectivity index (χ0v) is 18.0. The minimum atomic E-state index is -1.07. The predicted octanol–water partition coefficient (Wildman–Crippen LogP) is 3.43. The highest BCUT2D eigenvalue weighted by Crippen LogP contribution is 2.42. The molecule has 0 spiro atoms. The van der Waals surface area contributed by atoms with Crippen molar-refractivity contribution in [1.29, 1.82) is 0 Å². The van der Waals surface area contributed by atoms with E-state index in [2.05, 4.69) is 20.2 Å². The summed E-state index contributed by atoms with van der Waals surface area (Å²) in [4.78, 5) is 36.8. The number of carbonyl (C=O) groups excluding carboxylic acids is 1. The molecule has 0 aromatic carbocycles. The minimum Gasteiger partial charge on any atom is -0.493 e. The first kappa shape index (κ1) is 20.9. The maximum atomic E-state index is 13.0. The van der Waals surface area contributed by atoms with Crippen LogP contribution in [0.25, 0.3) is 0 Å². The number of anilines is 4. The van der Waals surface area contributed by atoms with E-state index in [9.17, 15) is 14.7 Å². The minimum absolute atomic E-state index is 0.0409. The van der Waals surface area contributed by atoms with Crippen molar-refractivity contribution >= 4 is 34.9 Å². The first-order valence-electron chi connectivity index (χ1n) is 10.5. The molecule has 0 bridgehead atoms. The van der Waals surface area contributed by atoms with Crippen molar-refractivity contribution in [3.8, 4) is 5.75 Å². The van der Waals surface area contributed by atoms with Crippen LogP contribution in [0.1, 0.15) is 49.4 Å². The Labute approximate surface area is 181 Å². The number of rotatable bonds is 6. The molecule has 3 heterocycles. The fraction of sp³-hybridized carbons (Fsp3) is 0.455. The topological polar surface area (TPSA) is 108 Å². The first-order chi connectivity index (χ1) is 14.9. The molecule has 4 rings (SSSR count). The molecule has 9 nitrogen and oxygen atoms in total. The van der Waals surface area contributed by atoms with E-state index in [0.29, 0.717) is 23.4 Å². The molecule has 1 fully saturated rings. The molecule has 1 aliphatic carbocycles. The number of carboxylic acid groups (broad SMARTS) is 1. The van der Waals surface area contributed by atoms with E-state index < -0.39 is 5.97 Å². The molecule has 9 heteroatoms. The Bertz CT molecular complexity index is 1010. The Morgan fingerprint density at radius 3 is 2.61 bits per heavy atom. The lowest BCUT2D eigenvalue weighted by molar-refractivity contribution is -0.120. The van der Waals surface area contributed by atoms with Crippen molar-refractivity contribution in [2.45, 2.75) is 51.1 Å². The van der Waals surface area contributed by atoms with Gasteiger partial charge in [-0.2, -0.15) is 0 Å². The van der Waals surface area contributed by atoms with Crippen molar-refractivity contribution < 1.29 is 19.4 Å². The molecule has 1 unspecified atom stereocenters. The first-order valence-corrected chi connectivity index (χ1v) is 10.5. The molecule has 2 aromatic rings. The molecular formula is C22H27N5O4. The largest absolute Gasteiger partial charge is 0.493 e. The van der Waals surface area contributed by atoms with Crippen LogP contribution >= 0.6 is 0 Å². The van der Waals surface area contributed by atoms with Crippen LogP contribution in [0.4, 0.5) is 23.0 Å². The number of hydrogen-bond acceptors (Lipinski definition) is 7. The molecule has 1 atom stereocenters. The van der Waals surface area contributed by atoms with Crippen molar-refractivity contribution in [1.82, 2.24) is 9.97 Å². The molecular weight excluding hydrogens is 398 g/mol. The summed E-state index contributed by atoms with van der Waals surface area (Å²) in [6, 6.07) is 3.49. The normalized spacial score (nSPS) is 18.8. The number of nitrogens with one attached hydrogen (secondary N) is 1. The van der Waals surface area contributed by atoms with Crippen LogP contribution in [0.15, 0.2) is 24.5 Å². The van der Waals surface area contributed by atoms with Crippen LogP contribution in [0.3, 0.4) is 0 Å². The van der Waals surface area contributed by atoms with Gasteiger partial charge in [0.25, 0.3) is 0 Å². The van der Waals surface area contributed by atoms with Gasteiger partial charge in [-0.1, -0.05) is 19.8 Å². The van der Waals surface area contributed by atoms with E-state index in [1.54, 1.807) is 18.1 Å². The third-order valence-corrected chi connectivity index (χ3v) is 6.12. The second kappa shape index (κ2) is 8.41. The van der Waals surface area contributed by atoms with Crippen molar-refractivity contribution in [2.75, 3.05) is 29.3 Å².